The van der Waals surface area contributed by atoms with Gasteiger partial charge >= 0.3 is 5.97 Å². The van der Waals surface area contributed by atoms with E-state index in [2.05, 4.69) is 21.0 Å². The molecule has 4 aromatic heterocycles. The summed E-state index contributed by atoms with van der Waals surface area (Å²) in [5, 5.41) is 10.5. The fourth-order valence-corrected chi connectivity index (χ4v) is 4.77. The van der Waals surface area contributed by atoms with Gasteiger partial charge in [-0.25, -0.2) is 14.8 Å². The summed E-state index contributed by atoms with van der Waals surface area (Å²) in [6, 6.07) is 7.44. The Kier molecular flexibility index (Phi) is 5.74. The standard InChI is InChI=1S/C22H18ClN5O3S/c1-11-5-13(12(2)28(11)21-15(22(29)31-4)7-18(23)32-21)6-14(9-24)20-26-16-8-19(30-3)25-10-17(16)27-20/h5-8,10H,1-4H3,(H,26,27). The molecule has 0 atom stereocenters. The number of halogens is 1. The average Bonchev–Trinajstić information content (AvgIpc) is 3.45. The molecule has 1 N–H and O–H groups in total. The number of fused-ring (bicyclic) bond motifs is 1. The molecule has 0 amide bonds. The highest BCUT2D eigenvalue weighted by Gasteiger charge is 2.21. The maximum Gasteiger partial charge on any atom is 0.340 e. The van der Waals surface area contributed by atoms with Crippen LogP contribution < -0.4 is 4.74 Å². The summed E-state index contributed by atoms with van der Waals surface area (Å²) in [6.45, 7) is 3.83. The highest BCUT2D eigenvalue weighted by molar-refractivity contribution is 7.18. The number of carbonyl (C=O) groups is 1. The predicted octanol–water partition coefficient (Wildman–Crippen LogP) is 4.94. The number of aryl methyl sites for hydroxylation is 1. The van der Waals surface area contributed by atoms with Crippen molar-refractivity contribution in [3.8, 4) is 17.0 Å². The quantitative estimate of drug-likeness (QED) is 0.329. The van der Waals surface area contributed by atoms with Gasteiger partial charge in [0.2, 0.25) is 5.88 Å². The second-order valence-corrected chi connectivity index (χ2v) is 8.58. The fraction of sp³-hybridized carbons (Fsp3) is 0.182. The van der Waals surface area contributed by atoms with Gasteiger partial charge in [0.1, 0.15) is 16.9 Å². The lowest BCUT2D eigenvalue weighted by molar-refractivity contribution is 0.0601. The van der Waals surface area contributed by atoms with Gasteiger partial charge < -0.3 is 19.0 Å². The van der Waals surface area contributed by atoms with Crippen LogP contribution in [0.15, 0.2) is 24.4 Å². The molecule has 0 aromatic carbocycles. The Balaban J connectivity index is 1.80. The molecule has 0 saturated heterocycles. The topological polar surface area (TPSA) is 106 Å². The van der Waals surface area contributed by atoms with Crippen molar-refractivity contribution in [3.05, 3.63) is 57.1 Å². The summed E-state index contributed by atoms with van der Waals surface area (Å²) in [6.07, 6.45) is 3.37. The number of aromatic amines is 1. The number of hydrogen-bond acceptors (Lipinski definition) is 7. The lowest BCUT2D eigenvalue weighted by Gasteiger charge is -2.09. The van der Waals surface area contributed by atoms with Crippen LogP contribution in [-0.2, 0) is 4.74 Å². The number of nitriles is 1. The molecule has 0 saturated carbocycles. The zero-order valence-electron chi connectivity index (χ0n) is 17.7. The molecule has 0 aliphatic heterocycles. The number of nitrogens with one attached hydrogen (secondary N) is 1. The van der Waals surface area contributed by atoms with Gasteiger partial charge in [-0.15, -0.1) is 11.3 Å². The van der Waals surface area contributed by atoms with Crippen molar-refractivity contribution in [2.45, 2.75) is 13.8 Å². The number of H-pyrrole nitrogens is 1. The van der Waals surface area contributed by atoms with E-state index in [9.17, 15) is 10.1 Å². The van der Waals surface area contributed by atoms with E-state index in [1.165, 1.54) is 25.6 Å². The van der Waals surface area contributed by atoms with Crippen molar-refractivity contribution < 1.29 is 14.3 Å². The van der Waals surface area contributed by atoms with Gasteiger partial charge in [-0.2, -0.15) is 5.26 Å². The Bertz CT molecular complexity index is 1420. The number of thiophene rings is 1. The molecule has 162 valence electrons. The molecule has 32 heavy (non-hydrogen) atoms. The minimum atomic E-state index is -0.461. The highest BCUT2D eigenvalue weighted by Crippen LogP contribution is 2.34. The zero-order valence-corrected chi connectivity index (χ0v) is 19.3. The van der Waals surface area contributed by atoms with Crippen LogP contribution in [0.3, 0.4) is 0 Å². The van der Waals surface area contributed by atoms with E-state index in [1.807, 2.05) is 24.5 Å². The van der Waals surface area contributed by atoms with Crippen LogP contribution in [-0.4, -0.2) is 39.7 Å². The van der Waals surface area contributed by atoms with Crippen molar-refractivity contribution >= 4 is 51.6 Å². The summed E-state index contributed by atoms with van der Waals surface area (Å²) in [5.74, 6) is 0.408. The Morgan fingerprint density at radius 2 is 2.09 bits per heavy atom. The summed E-state index contributed by atoms with van der Waals surface area (Å²) >= 11 is 7.48. The first kappa shape index (κ1) is 21.6. The first-order chi connectivity index (χ1) is 15.4. The number of nitrogens with zero attached hydrogens (tertiary/aromatic N) is 4. The predicted molar refractivity (Wildman–Crippen MR) is 123 cm³/mol. The van der Waals surface area contributed by atoms with E-state index in [0.29, 0.717) is 43.2 Å². The van der Waals surface area contributed by atoms with E-state index in [-0.39, 0.29) is 0 Å². The second kappa shape index (κ2) is 8.49. The lowest BCUT2D eigenvalue weighted by Crippen LogP contribution is -2.06. The van der Waals surface area contributed by atoms with Gasteiger partial charge in [0.05, 0.1) is 46.9 Å². The Morgan fingerprint density at radius 1 is 1.31 bits per heavy atom. The number of imidazole rings is 1. The van der Waals surface area contributed by atoms with Crippen LogP contribution in [0.25, 0.3) is 27.7 Å². The number of ether oxygens (including phenoxy) is 2. The normalized spacial score (nSPS) is 11.6. The third-order valence-corrected chi connectivity index (χ3v) is 6.24. The van der Waals surface area contributed by atoms with Crippen LogP contribution >= 0.6 is 22.9 Å². The van der Waals surface area contributed by atoms with Crippen LogP contribution in [0.1, 0.15) is 33.1 Å². The number of aromatic nitrogens is 4. The number of pyridine rings is 1. The van der Waals surface area contributed by atoms with Crippen molar-refractivity contribution in [2.75, 3.05) is 14.2 Å². The summed E-state index contributed by atoms with van der Waals surface area (Å²) in [5.41, 5.74) is 4.64. The van der Waals surface area contributed by atoms with Gasteiger partial charge in [-0.05, 0) is 37.6 Å². The number of rotatable bonds is 5. The number of carbonyl (C=O) groups excluding carboxylic acids is 1. The monoisotopic (exact) mass is 467 g/mol. The third kappa shape index (κ3) is 3.75. The maximum absolute atomic E-state index is 12.2. The molecule has 0 aliphatic carbocycles. The van der Waals surface area contributed by atoms with E-state index in [1.54, 1.807) is 24.4 Å². The first-order valence-electron chi connectivity index (χ1n) is 9.45. The molecular weight excluding hydrogens is 450 g/mol. The number of methoxy groups -OCH3 is 2. The summed E-state index contributed by atoms with van der Waals surface area (Å²) < 4.78 is 12.4. The molecule has 0 aliphatic rings. The van der Waals surface area contributed by atoms with Crippen LogP contribution in [0.5, 0.6) is 5.88 Å². The molecule has 8 nitrogen and oxygen atoms in total. The summed E-state index contributed by atoms with van der Waals surface area (Å²) in [7, 11) is 2.86. The molecular formula is C22H18ClN5O3S. The van der Waals surface area contributed by atoms with E-state index in [0.717, 1.165) is 17.0 Å². The van der Waals surface area contributed by atoms with Crippen LogP contribution in [0.2, 0.25) is 4.34 Å². The molecule has 4 rings (SSSR count). The number of allylic oxidation sites excluding steroid dienone is 1. The Hall–Kier alpha value is -3.61. The van der Waals surface area contributed by atoms with Crippen molar-refractivity contribution in [1.82, 2.24) is 19.5 Å². The number of esters is 1. The van der Waals surface area contributed by atoms with E-state index >= 15 is 0 Å². The van der Waals surface area contributed by atoms with Crippen molar-refractivity contribution in [1.29, 1.82) is 5.26 Å². The van der Waals surface area contributed by atoms with E-state index < -0.39 is 5.97 Å². The van der Waals surface area contributed by atoms with Gasteiger partial charge in [0.25, 0.3) is 0 Å². The van der Waals surface area contributed by atoms with E-state index in [4.69, 9.17) is 21.1 Å². The second-order valence-electron chi connectivity index (χ2n) is 6.92. The van der Waals surface area contributed by atoms with Gasteiger partial charge in [0, 0.05) is 17.5 Å². The van der Waals surface area contributed by atoms with Crippen LogP contribution in [0.4, 0.5) is 0 Å². The van der Waals surface area contributed by atoms with Crippen molar-refractivity contribution in [3.63, 3.8) is 0 Å². The minimum absolute atomic E-state index is 0.359. The average molecular weight is 468 g/mol. The number of hydrogen-bond donors (Lipinski definition) is 1. The highest BCUT2D eigenvalue weighted by atomic mass is 35.5. The molecule has 10 heteroatoms. The molecule has 4 aromatic rings. The molecule has 0 spiro atoms. The molecule has 0 bridgehead atoms. The zero-order chi connectivity index (χ0) is 23.0. The fourth-order valence-electron chi connectivity index (χ4n) is 3.46. The SMILES string of the molecule is COC(=O)c1cc(Cl)sc1-n1c(C)cc(C=C(C#N)c2nc3cc(OC)ncc3[nH]2)c1C. The first-order valence-corrected chi connectivity index (χ1v) is 10.6. The van der Waals surface area contributed by atoms with Gasteiger partial charge in [0.15, 0.2) is 0 Å². The third-order valence-electron chi connectivity index (χ3n) is 4.99. The van der Waals surface area contributed by atoms with Crippen molar-refractivity contribution in [2.24, 2.45) is 0 Å². The molecule has 0 unspecified atom stereocenters. The van der Waals surface area contributed by atoms with Gasteiger partial charge in [-0.1, -0.05) is 11.6 Å². The minimum Gasteiger partial charge on any atom is -0.481 e. The molecule has 0 fully saturated rings. The smallest absolute Gasteiger partial charge is 0.340 e. The largest absolute Gasteiger partial charge is 0.481 e. The molecule has 0 radical (unpaired) electrons. The van der Waals surface area contributed by atoms with Gasteiger partial charge in [-0.3, -0.25) is 0 Å². The Morgan fingerprint density at radius 3 is 2.78 bits per heavy atom. The molecule has 4 heterocycles. The summed E-state index contributed by atoms with van der Waals surface area (Å²) in [4.78, 5) is 24.0. The van der Waals surface area contributed by atoms with Crippen LogP contribution in [0, 0.1) is 25.2 Å². The lowest BCUT2D eigenvalue weighted by atomic mass is 10.1. The Labute approximate surface area is 192 Å². The maximum atomic E-state index is 12.2.